The van der Waals surface area contributed by atoms with Gasteiger partial charge in [0.15, 0.2) is 0 Å². The lowest BCUT2D eigenvalue weighted by atomic mass is 9.79. The van der Waals surface area contributed by atoms with Gasteiger partial charge in [-0.15, -0.1) is 0 Å². The summed E-state index contributed by atoms with van der Waals surface area (Å²) >= 11 is 0. The molecule has 1 aromatic rings. The number of nitrogens with one attached hydrogen (secondary N) is 1. The smallest absolute Gasteiger partial charge is 0.404 e. The summed E-state index contributed by atoms with van der Waals surface area (Å²) in [5, 5.41) is 17.4. The van der Waals surface area contributed by atoms with Crippen molar-refractivity contribution in [2.24, 2.45) is 16.8 Å². The van der Waals surface area contributed by atoms with Crippen molar-refractivity contribution in [3.63, 3.8) is 0 Å². The minimum Gasteiger partial charge on any atom is -0.477 e. The van der Waals surface area contributed by atoms with Crippen molar-refractivity contribution < 1.29 is 37.4 Å². The van der Waals surface area contributed by atoms with Crippen LogP contribution in [0.4, 0.5) is 9.59 Å². The number of hydrogen-bond acceptors (Lipinski definition) is 7. The number of hydrogen-bond donors (Lipinski definition) is 4. The number of aliphatic carboxylic acids is 1. The van der Waals surface area contributed by atoms with Crippen molar-refractivity contribution in [1.82, 2.24) is 15.1 Å². The van der Waals surface area contributed by atoms with Gasteiger partial charge in [-0.3, -0.25) is 9.69 Å². The van der Waals surface area contributed by atoms with Crippen molar-refractivity contribution in [3.05, 3.63) is 41.1 Å². The number of likely N-dealkylation sites (tertiary alicyclic amines) is 1. The van der Waals surface area contributed by atoms with E-state index in [9.17, 15) is 32.7 Å². The Morgan fingerprint density at radius 2 is 1.88 bits per heavy atom. The van der Waals surface area contributed by atoms with E-state index in [1.807, 2.05) is 0 Å². The normalized spacial score (nSPS) is 23.7. The van der Waals surface area contributed by atoms with Crippen LogP contribution in [-0.4, -0.2) is 72.6 Å². The van der Waals surface area contributed by atoms with Crippen molar-refractivity contribution >= 4 is 34.0 Å². The Morgan fingerprint density at radius 1 is 1.21 bits per heavy atom. The molecule has 33 heavy (non-hydrogen) atoms. The Kier molecular flexibility index (Phi) is 5.49. The number of benzene rings is 1. The maximum atomic E-state index is 12.8. The number of primary amides is 1. The Labute approximate surface area is 188 Å². The van der Waals surface area contributed by atoms with Gasteiger partial charge in [-0.05, 0) is 29.7 Å². The van der Waals surface area contributed by atoms with E-state index in [2.05, 4.69) is 5.32 Å². The van der Waals surface area contributed by atoms with Crippen LogP contribution in [0.15, 0.2) is 40.4 Å². The predicted molar refractivity (Wildman–Crippen MR) is 109 cm³/mol. The molecule has 13 nitrogen and oxygen atoms in total. The molecule has 0 aromatic heterocycles. The number of ether oxygens (including phenoxy) is 1. The van der Waals surface area contributed by atoms with Crippen LogP contribution in [0.25, 0.3) is 0 Å². The zero-order chi connectivity index (χ0) is 24.1. The van der Waals surface area contributed by atoms with Gasteiger partial charge in [-0.1, -0.05) is 12.1 Å². The number of β-lactam (4-membered cyclic amide) rings is 1. The van der Waals surface area contributed by atoms with Gasteiger partial charge >= 0.3 is 18.1 Å². The van der Waals surface area contributed by atoms with Crippen molar-refractivity contribution in [2.45, 2.75) is 29.9 Å². The molecule has 4 rings (SSSR count). The molecule has 6 N–H and O–H groups in total. The minimum atomic E-state index is -3.83. The molecule has 2 saturated heterocycles. The highest BCUT2D eigenvalue weighted by Gasteiger charge is 2.64. The fraction of sp³-hybridized carbons (Fsp3) is 0.368. The molecular formula is C19H21N5O8S. The average Bonchev–Trinajstić information content (AvgIpc) is 3.11. The number of urea groups is 1. The first kappa shape index (κ1) is 22.5. The Bertz CT molecular complexity index is 1180. The third kappa shape index (κ3) is 3.98. The highest BCUT2D eigenvalue weighted by molar-refractivity contribution is 7.89. The second-order valence-electron chi connectivity index (χ2n) is 7.97. The zero-order valence-corrected chi connectivity index (χ0v) is 17.9. The fourth-order valence-electron chi connectivity index (χ4n) is 4.61. The van der Waals surface area contributed by atoms with Crippen molar-refractivity contribution in [3.8, 4) is 0 Å². The number of carbonyl (C=O) groups is 4. The number of amides is 4. The summed E-state index contributed by atoms with van der Waals surface area (Å²) in [6.45, 7) is -0.0629. The molecule has 3 aliphatic heterocycles. The van der Waals surface area contributed by atoms with E-state index in [1.54, 1.807) is 0 Å². The molecular weight excluding hydrogens is 458 g/mol. The fourth-order valence-corrected chi connectivity index (χ4v) is 5.12. The predicted octanol–water partition coefficient (Wildman–Crippen LogP) is -1.11. The van der Waals surface area contributed by atoms with Crippen LogP contribution in [0, 0.1) is 5.92 Å². The van der Waals surface area contributed by atoms with Crippen LogP contribution >= 0.6 is 0 Å². The lowest BCUT2D eigenvalue weighted by molar-refractivity contribution is -0.156. The number of carbonyl (C=O) groups excluding carboxylic acids is 3. The SMILES string of the molecule is NC(=O)OCC1=C(C(=O)O)N2C(=O)[C@@H]3[C@H]2[C@H](C1)CN3C(=O)NCc1ccc(S(N)(=O)=O)cc1. The topological polar surface area (TPSA) is 202 Å². The van der Waals surface area contributed by atoms with E-state index in [1.165, 1.54) is 29.2 Å². The summed E-state index contributed by atoms with van der Waals surface area (Å²) in [5.74, 6) is -2.07. The second-order valence-corrected chi connectivity index (χ2v) is 9.53. The average molecular weight is 479 g/mol. The molecule has 0 bridgehead atoms. The molecule has 3 atom stereocenters. The van der Waals surface area contributed by atoms with E-state index in [4.69, 9.17) is 15.6 Å². The van der Waals surface area contributed by atoms with Crippen LogP contribution in [-0.2, 0) is 30.9 Å². The van der Waals surface area contributed by atoms with Gasteiger partial charge in [-0.25, -0.2) is 27.9 Å². The standard InChI is InChI=1S/C19H21N5O8S/c20-18(28)32-8-11-5-10-7-23(15-13(10)24(16(15)25)14(11)17(26)27)19(29)22-6-9-1-3-12(4-2-9)33(21,30)31/h1-4,10,13,15H,5-8H2,(H2,20,28)(H,22,29)(H,26,27)(H2,21,30,31)/t10-,13-,15+/m1/s1. The van der Waals surface area contributed by atoms with Gasteiger partial charge in [0.25, 0.3) is 5.91 Å². The Morgan fingerprint density at radius 3 is 2.45 bits per heavy atom. The van der Waals surface area contributed by atoms with Crippen LogP contribution in [0.5, 0.6) is 0 Å². The maximum Gasteiger partial charge on any atom is 0.404 e. The Balaban J connectivity index is 1.45. The third-order valence-corrected chi connectivity index (χ3v) is 6.92. The molecule has 3 heterocycles. The highest BCUT2D eigenvalue weighted by Crippen LogP contribution is 2.47. The number of sulfonamides is 1. The van der Waals surface area contributed by atoms with E-state index >= 15 is 0 Å². The van der Waals surface area contributed by atoms with Crippen LogP contribution in [0.2, 0.25) is 0 Å². The summed E-state index contributed by atoms with van der Waals surface area (Å²) in [6.07, 6.45) is -0.828. The molecule has 2 fully saturated rings. The van der Waals surface area contributed by atoms with Gasteiger partial charge in [0.05, 0.1) is 10.9 Å². The first-order chi connectivity index (χ1) is 15.5. The second kappa shape index (κ2) is 8.04. The van der Waals surface area contributed by atoms with Crippen molar-refractivity contribution in [2.75, 3.05) is 13.2 Å². The highest BCUT2D eigenvalue weighted by atomic mass is 32.2. The van der Waals surface area contributed by atoms with Gasteiger partial charge in [0.2, 0.25) is 10.0 Å². The summed E-state index contributed by atoms with van der Waals surface area (Å²) < 4.78 is 27.4. The third-order valence-electron chi connectivity index (χ3n) is 5.99. The molecule has 0 spiro atoms. The molecule has 14 heteroatoms. The lowest BCUT2D eigenvalue weighted by Crippen LogP contribution is -2.70. The summed E-state index contributed by atoms with van der Waals surface area (Å²) in [4.78, 5) is 50.8. The Hall–Kier alpha value is -3.65. The number of rotatable bonds is 6. The van der Waals surface area contributed by atoms with E-state index < -0.39 is 46.1 Å². The summed E-state index contributed by atoms with van der Waals surface area (Å²) in [7, 11) is -3.83. The summed E-state index contributed by atoms with van der Waals surface area (Å²) in [5.41, 5.74) is 5.61. The number of nitrogens with zero attached hydrogens (tertiary/aromatic N) is 2. The molecule has 0 saturated carbocycles. The summed E-state index contributed by atoms with van der Waals surface area (Å²) in [6, 6.07) is 3.90. The van der Waals surface area contributed by atoms with E-state index in [0.29, 0.717) is 5.56 Å². The van der Waals surface area contributed by atoms with Crippen molar-refractivity contribution in [1.29, 1.82) is 0 Å². The van der Waals surface area contributed by atoms with Gasteiger partial charge < -0.3 is 25.8 Å². The maximum absolute atomic E-state index is 12.8. The number of primary sulfonamides is 1. The molecule has 1 aromatic carbocycles. The molecule has 4 amide bonds. The van der Waals surface area contributed by atoms with Gasteiger partial charge in [0, 0.05) is 19.0 Å². The minimum absolute atomic E-state index is 0.0563. The lowest BCUT2D eigenvalue weighted by Gasteiger charge is -2.49. The first-order valence-corrected chi connectivity index (χ1v) is 11.4. The quantitative estimate of drug-likeness (QED) is 0.368. The van der Waals surface area contributed by atoms with Gasteiger partial charge in [-0.2, -0.15) is 0 Å². The number of nitrogens with two attached hydrogens (primary N) is 2. The monoisotopic (exact) mass is 479 g/mol. The first-order valence-electron chi connectivity index (χ1n) is 9.86. The molecule has 0 radical (unpaired) electrons. The largest absolute Gasteiger partial charge is 0.477 e. The van der Waals surface area contributed by atoms with Gasteiger partial charge in [0.1, 0.15) is 18.3 Å². The number of carboxylic acids is 1. The number of carboxylic acid groups (broad SMARTS) is 1. The molecule has 176 valence electrons. The molecule has 3 aliphatic rings. The van der Waals surface area contributed by atoms with Crippen LogP contribution < -0.4 is 16.2 Å². The van der Waals surface area contributed by atoms with E-state index in [0.717, 1.165) is 4.90 Å². The van der Waals surface area contributed by atoms with E-state index in [-0.39, 0.29) is 48.2 Å². The molecule has 0 unspecified atom stereocenters. The van der Waals surface area contributed by atoms with Crippen LogP contribution in [0.3, 0.4) is 0 Å². The zero-order valence-electron chi connectivity index (χ0n) is 17.1. The molecule has 0 aliphatic carbocycles. The van der Waals surface area contributed by atoms with Crippen LogP contribution in [0.1, 0.15) is 12.0 Å².